The molecule has 1 aliphatic rings. The number of hydrogen-bond donors (Lipinski definition) is 0. The smallest absolute Gasteiger partial charge is 0.270 e. The first-order valence-electron chi connectivity index (χ1n) is 6.21. The van der Waals surface area contributed by atoms with E-state index in [-0.39, 0.29) is 5.56 Å². The van der Waals surface area contributed by atoms with Gasteiger partial charge in [0.2, 0.25) is 0 Å². The van der Waals surface area contributed by atoms with E-state index in [0.29, 0.717) is 23.4 Å². The summed E-state index contributed by atoms with van der Waals surface area (Å²) in [5.41, 5.74) is 0.870. The SMILES string of the molecule is COc1ccc(/C=c2\sc3n(c2=O)CCN=3)c(OC)c1. The summed E-state index contributed by atoms with van der Waals surface area (Å²) >= 11 is 1.41. The minimum atomic E-state index is 0.0177. The second kappa shape index (κ2) is 5.13. The highest BCUT2D eigenvalue weighted by Gasteiger charge is 2.10. The van der Waals surface area contributed by atoms with E-state index < -0.39 is 0 Å². The van der Waals surface area contributed by atoms with Crippen LogP contribution >= 0.6 is 11.3 Å². The Kier molecular flexibility index (Phi) is 3.31. The Hall–Kier alpha value is -2.08. The van der Waals surface area contributed by atoms with Crippen molar-refractivity contribution in [1.29, 1.82) is 0 Å². The van der Waals surface area contributed by atoms with Crippen molar-refractivity contribution >= 4 is 17.4 Å². The van der Waals surface area contributed by atoms with Crippen LogP contribution in [0, 0.1) is 0 Å². The van der Waals surface area contributed by atoms with Gasteiger partial charge in [0.25, 0.3) is 5.56 Å². The van der Waals surface area contributed by atoms with E-state index in [1.807, 2.05) is 18.2 Å². The lowest BCUT2D eigenvalue weighted by atomic mass is 10.2. The largest absolute Gasteiger partial charge is 0.497 e. The second-order valence-corrected chi connectivity index (χ2v) is 5.35. The Morgan fingerprint density at radius 2 is 2.20 bits per heavy atom. The molecule has 0 radical (unpaired) electrons. The molecule has 0 saturated heterocycles. The number of hydrogen-bond acceptors (Lipinski definition) is 5. The van der Waals surface area contributed by atoms with Crippen LogP contribution in [0.5, 0.6) is 11.5 Å². The zero-order valence-corrected chi connectivity index (χ0v) is 12.1. The van der Waals surface area contributed by atoms with Gasteiger partial charge in [-0.05, 0) is 18.2 Å². The monoisotopic (exact) mass is 290 g/mol. The van der Waals surface area contributed by atoms with Gasteiger partial charge in [-0.3, -0.25) is 14.4 Å². The fraction of sp³-hybridized carbons (Fsp3) is 0.286. The summed E-state index contributed by atoms with van der Waals surface area (Å²) in [5, 5.41) is 0. The van der Waals surface area contributed by atoms with E-state index in [1.54, 1.807) is 24.9 Å². The van der Waals surface area contributed by atoms with Crippen molar-refractivity contribution in [2.24, 2.45) is 4.99 Å². The third-order valence-corrected chi connectivity index (χ3v) is 4.23. The zero-order chi connectivity index (χ0) is 14.1. The lowest BCUT2D eigenvalue weighted by Crippen LogP contribution is -2.29. The molecule has 0 N–H and O–H groups in total. The highest BCUT2D eigenvalue weighted by atomic mass is 32.1. The van der Waals surface area contributed by atoms with E-state index in [0.717, 1.165) is 16.1 Å². The zero-order valence-electron chi connectivity index (χ0n) is 11.3. The second-order valence-electron chi connectivity index (χ2n) is 4.34. The van der Waals surface area contributed by atoms with Crippen molar-refractivity contribution in [3.63, 3.8) is 0 Å². The summed E-state index contributed by atoms with van der Waals surface area (Å²) in [5.74, 6) is 1.40. The average Bonchev–Trinajstić information content (AvgIpc) is 3.04. The van der Waals surface area contributed by atoms with E-state index in [1.165, 1.54) is 11.3 Å². The molecule has 0 saturated carbocycles. The molecule has 1 aliphatic heterocycles. The van der Waals surface area contributed by atoms with Crippen molar-refractivity contribution in [3.8, 4) is 11.5 Å². The first-order chi connectivity index (χ1) is 9.72. The number of nitrogens with zero attached hydrogens (tertiary/aromatic N) is 2. The molecule has 2 aromatic rings. The molecule has 1 aromatic heterocycles. The van der Waals surface area contributed by atoms with Gasteiger partial charge in [0.05, 0.1) is 25.3 Å². The number of thiazole rings is 1. The highest BCUT2D eigenvalue weighted by molar-refractivity contribution is 7.07. The fourth-order valence-electron chi connectivity index (χ4n) is 2.15. The molecule has 0 bridgehead atoms. The van der Waals surface area contributed by atoms with Crippen LogP contribution in [-0.4, -0.2) is 25.3 Å². The van der Waals surface area contributed by atoms with Gasteiger partial charge in [-0.2, -0.15) is 0 Å². The van der Waals surface area contributed by atoms with Crippen molar-refractivity contribution in [1.82, 2.24) is 4.57 Å². The summed E-state index contributed by atoms with van der Waals surface area (Å²) in [6.45, 7) is 1.38. The van der Waals surface area contributed by atoms with Crippen molar-refractivity contribution in [3.05, 3.63) is 43.5 Å². The maximum Gasteiger partial charge on any atom is 0.270 e. The lowest BCUT2D eigenvalue weighted by molar-refractivity contribution is 0.393. The van der Waals surface area contributed by atoms with Crippen molar-refractivity contribution in [2.45, 2.75) is 6.54 Å². The predicted octanol–water partition coefficient (Wildman–Crippen LogP) is 0.389. The molecule has 0 unspecified atom stereocenters. The number of fused-ring (bicyclic) bond motifs is 1. The third-order valence-electron chi connectivity index (χ3n) is 3.19. The Morgan fingerprint density at radius 1 is 1.35 bits per heavy atom. The molecular weight excluding hydrogens is 276 g/mol. The van der Waals surface area contributed by atoms with Crippen LogP contribution in [0.15, 0.2) is 28.0 Å². The van der Waals surface area contributed by atoms with Crippen LogP contribution in [-0.2, 0) is 6.54 Å². The van der Waals surface area contributed by atoms with Crippen LogP contribution in [0.3, 0.4) is 0 Å². The van der Waals surface area contributed by atoms with Crippen molar-refractivity contribution in [2.75, 3.05) is 20.8 Å². The van der Waals surface area contributed by atoms with Crippen LogP contribution in [0.25, 0.3) is 6.08 Å². The van der Waals surface area contributed by atoms with Gasteiger partial charge in [0.1, 0.15) is 11.5 Å². The normalized spacial score (nSPS) is 14.0. The minimum absolute atomic E-state index is 0.0177. The molecule has 0 spiro atoms. The predicted molar refractivity (Wildman–Crippen MR) is 77.3 cm³/mol. The molecule has 3 rings (SSSR count). The summed E-state index contributed by atoms with van der Waals surface area (Å²) in [6, 6.07) is 5.52. The van der Waals surface area contributed by atoms with Crippen molar-refractivity contribution < 1.29 is 9.47 Å². The van der Waals surface area contributed by atoms with Gasteiger partial charge in [-0.15, -0.1) is 0 Å². The minimum Gasteiger partial charge on any atom is -0.497 e. The molecule has 104 valence electrons. The Morgan fingerprint density at radius 3 is 2.90 bits per heavy atom. The molecule has 0 fully saturated rings. The fourth-order valence-corrected chi connectivity index (χ4v) is 3.17. The molecule has 1 aromatic carbocycles. The van der Waals surface area contributed by atoms with E-state index in [2.05, 4.69) is 4.99 Å². The standard InChI is InChI=1S/C14H14N2O3S/c1-18-10-4-3-9(11(8-10)19-2)7-12-13(17)16-6-5-15-14(16)20-12/h3-4,7-8H,5-6H2,1-2H3/b12-7-. The van der Waals surface area contributed by atoms with Gasteiger partial charge in [-0.25, -0.2) is 0 Å². The average molecular weight is 290 g/mol. The number of aromatic nitrogens is 1. The van der Waals surface area contributed by atoms with Crippen LogP contribution < -0.4 is 24.4 Å². The van der Waals surface area contributed by atoms with Gasteiger partial charge in [0.15, 0.2) is 4.80 Å². The quantitative estimate of drug-likeness (QED) is 0.821. The molecule has 2 heterocycles. The lowest BCUT2D eigenvalue weighted by Gasteiger charge is -2.06. The highest BCUT2D eigenvalue weighted by Crippen LogP contribution is 2.24. The number of methoxy groups -OCH3 is 2. The van der Waals surface area contributed by atoms with Crippen LogP contribution in [0.4, 0.5) is 0 Å². The number of ether oxygens (including phenoxy) is 2. The molecule has 5 nitrogen and oxygen atoms in total. The first-order valence-corrected chi connectivity index (χ1v) is 7.02. The van der Waals surface area contributed by atoms with Crippen LogP contribution in [0.1, 0.15) is 5.56 Å². The molecular formula is C14H14N2O3S. The summed E-state index contributed by atoms with van der Waals surface area (Å²) in [7, 11) is 3.21. The van der Waals surface area contributed by atoms with E-state index in [4.69, 9.17) is 9.47 Å². The topological polar surface area (TPSA) is 52.8 Å². The summed E-state index contributed by atoms with van der Waals surface area (Å²) in [4.78, 5) is 17.3. The summed E-state index contributed by atoms with van der Waals surface area (Å²) in [6.07, 6.45) is 1.84. The first kappa shape index (κ1) is 12.9. The van der Waals surface area contributed by atoms with Crippen LogP contribution in [0.2, 0.25) is 0 Å². The molecule has 6 heteroatoms. The Bertz CT molecular complexity index is 820. The Balaban J connectivity index is 2.15. The molecule has 0 aliphatic carbocycles. The Labute approximate surface area is 119 Å². The molecule has 20 heavy (non-hydrogen) atoms. The van der Waals surface area contributed by atoms with E-state index >= 15 is 0 Å². The molecule has 0 amide bonds. The number of benzene rings is 1. The summed E-state index contributed by atoms with van der Waals surface area (Å²) < 4.78 is 12.9. The number of rotatable bonds is 3. The maximum atomic E-state index is 12.2. The maximum absolute atomic E-state index is 12.2. The molecule has 0 atom stereocenters. The van der Waals surface area contributed by atoms with Gasteiger partial charge < -0.3 is 9.47 Å². The van der Waals surface area contributed by atoms with E-state index in [9.17, 15) is 4.79 Å². The van der Waals surface area contributed by atoms with Gasteiger partial charge >= 0.3 is 0 Å². The van der Waals surface area contributed by atoms with Gasteiger partial charge in [0, 0.05) is 18.2 Å². The third kappa shape index (κ3) is 2.12. The van der Waals surface area contributed by atoms with Gasteiger partial charge in [-0.1, -0.05) is 11.3 Å².